The number of alkyl halides is 2. The lowest BCUT2D eigenvalue weighted by Crippen LogP contribution is -2.40. The normalized spacial score (nSPS) is 22.3. The van der Waals surface area contributed by atoms with E-state index in [2.05, 4.69) is 25.6 Å². The summed E-state index contributed by atoms with van der Waals surface area (Å²) in [6.07, 6.45) is 1.24. The van der Waals surface area contributed by atoms with Crippen LogP contribution in [0.2, 0.25) is 0 Å². The summed E-state index contributed by atoms with van der Waals surface area (Å²) in [5.74, 6) is -0.187. The fraction of sp³-hybridized carbons (Fsp3) is 0.562. The van der Waals surface area contributed by atoms with Gasteiger partial charge in [0.25, 0.3) is 5.91 Å². The van der Waals surface area contributed by atoms with E-state index < -0.39 is 12.3 Å². The van der Waals surface area contributed by atoms with Crippen molar-refractivity contribution in [1.82, 2.24) is 15.3 Å². The Kier molecular flexibility index (Phi) is 3.67. The maximum absolute atomic E-state index is 12.4. The van der Waals surface area contributed by atoms with Crippen molar-refractivity contribution in [2.24, 2.45) is 5.41 Å². The predicted molar refractivity (Wildman–Crippen MR) is 88.6 cm³/mol. The van der Waals surface area contributed by atoms with Gasteiger partial charge in [-0.05, 0) is 42.5 Å². The summed E-state index contributed by atoms with van der Waals surface area (Å²) in [7, 11) is 0. The van der Waals surface area contributed by atoms with E-state index in [1.807, 2.05) is 6.92 Å². The second kappa shape index (κ2) is 5.61. The first-order chi connectivity index (χ1) is 11.5. The largest absolute Gasteiger partial charge is 0.355 e. The van der Waals surface area contributed by atoms with E-state index in [-0.39, 0.29) is 11.5 Å². The van der Waals surface area contributed by atoms with Gasteiger partial charge in [0.05, 0.1) is 10.2 Å². The number of hydrogen-bond donors (Lipinski definition) is 1. The second-order valence-electron chi connectivity index (χ2n) is 6.71. The fourth-order valence-electron chi connectivity index (χ4n) is 3.69. The quantitative estimate of drug-likeness (QED) is 0.923. The highest BCUT2D eigenvalue weighted by Gasteiger charge is 2.56. The molecule has 8 heteroatoms. The number of fused-ring (bicyclic) bond motifs is 1. The molecule has 1 unspecified atom stereocenters. The number of nitrogens with zero attached hydrogens (tertiary/aromatic N) is 3. The highest BCUT2D eigenvalue weighted by atomic mass is 32.1. The summed E-state index contributed by atoms with van der Waals surface area (Å²) in [6.45, 7) is 3.69. The monoisotopic (exact) mass is 352 g/mol. The molecule has 2 aromatic rings. The topological polar surface area (TPSA) is 58.1 Å². The molecule has 1 amide bonds. The zero-order valence-electron chi connectivity index (χ0n) is 13.3. The molecule has 24 heavy (non-hydrogen) atoms. The third-order valence-corrected chi connectivity index (χ3v) is 6.36. The van der Waals surface area contributed by atoms with Crippen LogP contribution < -0.4 is 10.2 Å². The van der Waals surface area contributed by atoms with Crippen molar-refractivity contribution in [2.75, 3.05) is 18.0 Å². The van der Waals surface area contributed by atoms with Crippen LogP contribution in [-0.2, 0) is 4.79 Å². The summed E-state index contributed by atoms with van der Waals surface area (Å²) in [4.78, 5) is 22.2. The number of anilines is 1. The predicted octanol–water partition coefficient (Wildman–Crippen LogP) is 2.74. The van der Waals surface area contributed by atoms with E-state index in [1.165, 1.54) is 0 Å². The van der Waals surface area contributed by atoms with Gasteiger partial charge in [0.1, 0.15) is 12.1 Å². The molecule has 2 fully saturated rings. The zero-order chi connectivity index (χ0) is 16.9. The maximum Gasteiger partial charge on any atom is 0.315 e. The number of aromatic nitrogens is 2. The number of halogens is 2. The molecule has 2 aliphatic rings. The van der Waals surface area contributed by atoms with Crippen LogP contribution in [0.15, 0.2) is 11.7 Å². The molecule has 0 aromatic carbocycles. The van der Waals surface area contributed by atoms with Crippen molar-refractivity contribution in [2.45, 2.75) is 38.7 Å². The summed E-state index contributed by atoms with van der Waals surface area (Å²) >= 11 is 1.65. The number of thiophene rings is 1. The Morgan fingerprint density at radius 3 is 2.88 bits per heavy atom. The molecule has 1 saturated carbocycles. The summed E-state index contributed by atoms with van der Waals surface area (Å²) in [6, 6.07) is -0.101. The first kappa shape index (κ1) is 15.7. The molecule has 1 saturated heterocycles. The molecular formula is C16H18F2N4OS. The minimum absolute atomic E-state index is 0.00143. The van der Waals surface area contributed by atoms with Crippen LogP contribution >= 0.6 is 11.3 Å². The van der Waals surface area contributed by atoms with Crippen LogP contribution in [0.4, 0.5) is 14.6 Å². The molecule has 3 heterocycles. The molecule has 5 nitrogen and oxygen atoms in total. The lowest BCUT2D eigenvalue weighted by Gasteiger charge is -2.33. The van der Waals surface area contributed by atoms with Crippen LogP contribution in [0.5, 0.6) is 0 Å². The Morgan fingerprint density at radius 2 is 2.17 bits per heavy atom. The molecule has 1 N–H and O–H groups in total. The molecule has 2 aromatic heterocycles. The van der Waals surface area contributed by atoms with Crippen LogP contribution in [0.25, 0.3) is 10.2 Å². The minimum atomic E-state index is -2.93. The summed E-state index contributed by atoms with van der Waals surface area (Å²) in [5, 5.41) is 4.56. The van der Waals surface area contributed by atoms with Crippen LogP contribution in [0.3, 0.4) is 0 Å². The van der Waals surface area contributed by atoms with Gasteiger partial charge in [-0.3, -0.25) is 4.79 Å². The van der Waals surface area contributed by atoms with Gasteiger partial charge in [-0.25, -0.2) is 9.97 Å². The molecule has 1 aliphatic heterocycles. The van der Waals surface area contributed by atoms with Gasteiger partial charge in [0, 0.05) is 19.1 Å². The fourth-order valence-corrected chi connectivity index (χ4v) is 4.70. The SMILES string of the molecule is Cc1csc2c(N3CCC4(CC3)CC4NC(=O)C(F)F)ncnc12. The number of carbonyl (C=O) groups is 1. The van der Waals surface area contributed by atoms with Gasteiger partial charge in [-0.2, -0.15) is 8.78 Å². The first-order valence-corrected chi connectivity index (χ1v) is 8.90. The minimum Gasteiger partial charge on any atom is -0.355 e. The van der Waals surface area contributed by atoms with E-state index in [0.717, 1.165) is 53.9 Å². The smallest absolute Gasteiger partial charge is 0.315 e. The second-order valence-corrected chi connectivity index (χ2v) is 7.59. The summed E-state index contributed by atoms with van der Waals surface area (Å²) < 4.78 is 25.8. The van der Waals surface area contributed by atoms with Crippen molar-refractivity contribution in [3.05, 3.63) is 17.3 Å². The van der Waals surface area contributed by atoms with E-state index in [9.17, 15) is 13.6 Å². The molecule has 1 aliphatic carbocycles. The molecule has 1 atom stereocenters. The Balaban J connectivity index is 1.44. The van der Waals surface area contributed by atoms with Crippen molar-refractivity contribution in [3.63, 3.8) is 0 Å². The molecule has 4 rings (SSSR count). The van der Waals surface area contributed by atoms with Gasteiger partial charge >= 0.3 is 6.43 Å². The number of rotatable bonds is 3. The third kappa shape index (κ3) is 2.53. The van der Waals surface area contributed by atoms with Crippen molar-refractivity contribution in [1.29, 1.82) is 0 Å². The van der Waals surface area contributed by atoms with Gasteiger partial charge in [0.2, 0.25) is 0 Å². The first-order valence-electron chi connectivity index (χ1n) is 8.02. The van der Waals surface area contributed by atoms with E-state index in [4.69, 9.17) is 0 Å². The molecule has 0 radical (unpaired) electrons. The van der Waals surface area contributed by atoms with E-state index in [1.54, 1.807) is 17.7 Å². The average molecular weight is 352 g/mol. The van der Waals surface area contributed by atoms with Gasteiger partial charge in [0.15, 0.2) is 0 Å². The van der Waals surface area contributed by atoms with E-state index in [0.29, 0.717) is 0 Å². The Bertz CT molecular complexity index is 785. The summed E-state index contributed by atoms with van der Waals surface area (Å²) in [5.41, 5.74) is 2.15. The van der Waals surface area contributed by atoms with E-state index >= 15 is 0 Å². The number of piperidine rings is 1. The standard InChI is InChI=1S/C16H18F2N4OS/c1-9-7-24-12-11(9)19-8-20-14(12)22-4-2-16(3-5-22)6-10(16)21-15(23)13(17)18/h7-8,10,13H,2-6H2,1H3,(H,21,23). The number of hydrogen-bond acceptors (Lipinski definition) is 5. The third-order valence-electron chi connectivity index (χ3n) is 5.28. The number of aryl methyl sites for hydroxylation is 1. The van der Waals surface area contributed by atoms with Crippen molar-refractivity contribution < 1.29 is 13.6 Å². The number of amides is 1. The number of nitrogens with one attached hydrogen (secondary N) is 1. The highest BCUT2D eigenvalue weighted by molar-refractivity contribution is 7.18. The molecule has 1 spiro atoms. The molecular weight excluding hydrogens is 334 g/mol. The van der Waals surface area contributed by atoms with Gasteiger partial charge in [-0.15, -0.1) is 11.3 Å². The Hall–Kier alpha value is -1.83. The average Bonchev–Trinajstić information content (AvgIpc) is 3.07. The zero-order valence-corrected chi connectivity index (χ0v) is 14.1. The molecule has 128 valence electrons. The van der Waals surface area contributed by atoms with Crippen molar-refractivity contribution >= 4 is 33.3 Å². The lowest BCUT2D eigenvalue weighted by atomic mass is 9.92. The van der Waals surface area contributed by atoms with Crippen molar-refractivity contribution in [3.8, 4) is 0 Å². The van der Waals surface area contributed by atoms with Gasteiger partial charge in [-0.1, -0.05) is 0 Å². The van der Waals surface area contributed by atoms with Crippen LogP contribution in [0, 0.1) is 12.3 Å². The maximum atomic E-state index is 12.4. The van der Waals surface area contributed by atoms with Gasteiger partial charge < -0.3 is 10.2 Å². The lowest BCUT2D eigenvalue weighted by molar-refractivity contribution is -0.132. The Morgan fingerprint density at radius 1 is 1.42 bits per heavy atom. The Labute approximate surface area is 142 Å². The van der Waals surface area contributed by atoms with Crippen LogP contribution in [-0.4, -0.2) is 41.4 Å². The number of carbonyl (C=O) groups excluding carboxylic acids is 1. The van der Waals surface area contributed by atoms with Crippen LogP contribution in [0.1, 0.15) is 24.8 Å². The molecule has 0 bridgehead atoms. The highest BCUT2D eigenvalue weighted by Crippen LogP contribution is 2.54.